The summed E-state index contributed by atoms with van der Waals surface area (Å²) in [4.78, 5) is 24.4. The van der Waals surface area contributed by atoms with Crippen LogP contribution in [0.5, 0.6) is 0 Å². The zero-order valence-electron chi connectivity index (χ0n) is 18.9. The molecule has 1 atom stereocenters. The highest BCUT2D eigenvalue weighted by Gasteiger charge is 2.36. The second-order valence-electron chi connectivity index (χ2n) is 8.47. The van der Waals surface area contributed by atoms with Crippen LogP contribution in [0.3, 0.4) is 0 Å². The van der Waals surface area contributed by atoms with Crippen LogP contribution in [-0.2, 0) is 15.7 Å². The Morgan fingerprint density at radius 1 is 1.17 bits per heavy atom. The SMILES string of the molecule is FC(F)(F)c1cnc(N[C@H]2CCCNC2)nc1-c1c[nH]c2nc(C3CCOCC3)ccc12.O=CO. The predicted octanol–water partition coefficient (Wildman–Crippen LogP) is 3.80. The highest BCUT2D eigenvalue weighted by molar-refractivity contribution is 5.93. The third kappa shape index (κ3) is 5.88. The molecule has 9 nitrogen and oxygen atoms in total. The fraction of sp³-hybridized carbons (Fsp3) is 0.478. The molecule has 0 amide bonds. The third-order valence-electron chi connectivity index (χ3n) is 6.18. The number of rotatable bonds is 4. The number of piperidine rings is 1. The average molecular weight is 493 g/mol. The first-order valence-corrected chi connectivity index (χ1v) is 11.5. The molecule has 0 spiro atoms. The van der Waals surface area contributed by atoms with E-state index in [1.165, 1.54) is 0 Å². The summed E-state index contributed by atoms with van der Waals surface area (Å²) in [6.07, 6.45) is 1.54. The van der Waals surface area contributed by atoms with Crippen LogP contribution < -0.4 is 10.6 Å². The van der Waals surface area contributed by atoms with Crippen LogP contribution in [0, 0.1) is 0 Å². The normalized spacial score (nSPS) is 19.1. The summed E-state index contributed by atoms with van der Waals surface area (Å²) in [5.41, 5.74) is 0.845. The van der Waals surface area contributed by atoms with Gasteiger partial charge >= 0.3 is 6.18 Å². The van der Waals surface area contributed by atoms with Crippen molar-refractivity contribution in [2.24, 2.45) is 0 Å². The maximum Gasteiger partial charge on any atom is 0.419 e. The lowest BCUT2D eigenvalue weighted by molar-refractivity contribution is -0.137. The van der Waals surface area contributed by atoms with E-state index in [-0.39, 0.29) is 24.2 Å². The molecule has 5 rings (SSSR count). The van der Waals surface area contributed by atoms with Gasteiger partial charge in [-0.1, -0.05) is 0 Å². The Morgan fingerprint density at radius 3 is 2.63 bits per heavy atom. The molecular weight excluding hydrogens is 465 g/mol. The van der Waals surface area contributed by atoms with E-state index in [1.54, 1.807) is 6.20 Å². The van der Waals surface area contributed by atoms with Crippen molar-refractivity contribution in [2.75, 3.05) is 31.6 Å². The maximum atomic E-state index is 13.8. The number of carboxylic acid groups (broad SMARTS) is 1. The van der Waals surface area contributed by atoms with Gasteiger partial charge in [-0.3, -0.25) is 4.79 Å². The van der Waals surface area contributed by atoms with E-state index in [0.717, 1.165) is 50.7 Å². The van der Waals surface area contributed by atoms with E-state index in [0.29, 0.717) is 35.7 Å². The second kappa shape index (κ2) is 11.0. The van der Waals surface area contributed by atoms with Crippen molar-refractivity contribution in [3.63, 3.8) is 0 Å². The molecule has 0 bridgehead atoms. The van der Waals surface area contributed by atoms with Crippen molar-refractivity contribution < 1.29 is 27.8 Å². The number of nitrogens with one attached hydrogen (secondary N) is 3. The van der Waals surface area contributed by atoms with Gasteiger partial charge in [0.2, 0.25) is 5.95 Å². The minimum atomic E-state index is -4.57. The van der Waals surface area contributed by atoms with E-state index >= 15 is 0 Å². The lowest BCUT2D eigenvalue weighted by Gasteiger charge is -2.24. The average Bonchev–Trinajstić information content (AvgIpc) is 3.28. The van der Waals surface area contributed by atoms with Crippen LogP contribution in [0.15, 0.2) is 24.5 Å². The summed E-state index contributed by atoms with van der Waals surface area (Å²) in [7, 11) is 0. The Balaban J connectivity index is 0.000000917. The van der Waals surface area contributed by atoms with Gasteiger partial charge in [0.05, 0.1) is 5.69 Å². The van der Waals surface area contributed by atoms with E-state index in [9.17, 15) is 13.2 Å². The van der Waals surface area contributed by atoms with Gasteiger partial charge in [-0.2, -0.15) is 13.2 Å². The molecule has 0 aliphatic carbocycles. The molecule has 0 unspecified atom stereocenters. The summed E-state index contributed by atoms with van der Waals surface area (Å²) in [5.74, 6) is 0.493. The van der Waals surface area contributed by atoms with Crippen LogP contribution in [0.4, 0.5) is 19.1 Å². The molecule has 0 radical (unpaired) electrons. The molecule has 3 aromatic heterocycles. The molecule has 3 aromatic rings. The number of hydrogen-bond acceptors (Lipinski definition) is 7. The zero-order chi connectivity index (χ0) is 24.8. The van der Waals surface area contributed by atoms with Crippen molar-refractivity contribution >= 4 is 23.5 Å². The van der Waals surface area contributed by atoms with E-state index in [1.807, 2.05) is 12.1 Å². The second-order valence-corrected chi connectivity index (χ2v) is 8.47. The zero-order valence-corrected chi connectivity index (χ0v) is 18.9. The molecule has 0 aromatic carbocycles. The van der Waals surface area contributed by atoms with Crippen molar-refractivity contribution in [2.45, 2.75) is 43.8 Å². The van der Waals surface area contributed by atoms with Crippen LogP contribution >= 0.6 is 0 Å². The molecule has 2 fully saturated rings. The van der Waals surface area contributed by atoms with Crippen molar-refractivity contribution in [1.82, 2.24) is 25.3 Å². The molecule has 2 aliphatic heterocycles. The van der Waals surface area contributed by atoms with Gasteiger partial charge < -0.3 is 25.5 Å². The van der Waals surface area contributed by atoms with Gasteiger partial charge in [-0.05, 0) is 44.4 Å². The molecule has 35 heavy (non-hydrogen) atoms. The standard InChI is InChI=1S/C22H25F3N6O.CH2O2/c23-22(24,25)17-12-28-21(29-14-2-1-7-26-10-14)31-19(17)16-11-27-20-15(16)3-4-18(30-20)13-5-8-32-9-6-13;2-1-3/h3-4,11-14,26H,1-2,5-10H2,(H,27,30)(H,28,29,31);1H,(H,2,3)/t14-;/m0./s1. The van der Waals surface area contributed by atoms with Gasteiger partial charge in [0.15, 0.2) is 0 Å². The summed E-state index contributed by atoms with van der Waals surface area (Å²) in [5, 5.41) is 13.9. The van der Waals surface area contributed by atoms with Crippen LogP contribution in [0.1, 0.15) is 42.9 Å². The van der Waals surface area contributed by atoms with Crippen LogP contribution in [0.25, 0.3) is 22.3 Å². The lowest BCUT2D eigenvalue weighted by atomic mass is 9.95. The molecule has 12 heteroatoms. The number of fused-ring (bicyclic) bond motifs is 1. The first kappa shape index (κ1) is 24.9. The summed E-state index contributed by atoms with van der Waals surface area (Å²) < 4.78 is 46.8. The van der Waals surface area contributed by atoms with E-state index in [2.05, 4.69) is 25.6 Å². The lowest BCUT2D eigenvalue weighted by Crippen LogP contribution is -2.38. The number of alkyl halides is 3. The van der Waals surface area contributed by atoms with Gasteiger partial charge in [0.25, 0.3) is 6.47 Å². The van der Waals surface area contributed by atoms with E-state index in [4.69, 9.17) is 19.6 Å². The highest BCUT2D eigenvalue weighted by Crippen LogP contribution is 2.39. The van der Waals surface area contributed by atoms with Gasteiger partial charge in [0, 0.05) is 60.8 Å². The first-order valence-electron chi connectivity index (χ1n) is 11.5. The monoisotopic (exact) mass is 492 g/mol. The predicted molar refractivity (Wildman–Crippen MR) is 123 cm³/mol. The van der Waals surface area contributed by atoms with Crippen LogP contribution in [-0.4, -0.2) is 63.9 Å². The Kier molecular flexibility index (Phi) is 7.81. The molecular formula is C23H27F3N6O3. The fourth-order valence-corrected chi connectivity index (χ4v) is 4.46. The Hall–Kier alpha value is -3.25. The molecule has 2 aliphatic rings. The largest absolute Gasteiger partial charge is 0.483 e. The van der Waals surface area contributed by atoms with Crippen molar-refractivity contribution in [3.05, 3.63) is 35.8 Å². The number of hydrogen-bond donors (Lipinski definition) is 4. The quantitative estimate of drug-likeness (QED) is 0.406. The number of nitrogens with zero attached hydrogens (tertiary/aromatic N) is 3. The number of aromatic nitrogens is 4. The fourth-order valence-electron chi connectivity index (χ4n) is 4.46. The van der Waals surface area contributed by atoms with Crippen molar-refractivity contribution in [1.29, 1.82) is 0 Å². The van der Waals surface area contributed by atoms with Crippen molar-refractivity contribution in [3.8, 4) is 11.3 Å². The maximum absolute atomic E-state index is 13.8. The van der Waals surface area contributed by atoms with Gasteiger partial charge in [-0.25, -0.2) is 15.0 Å². The Bertz CT molecular complexity index is 1140. The van der Waals surface area contributed by atoms with Gasteiger partial charge in [0.1, 0.15) is 11.2 Å². The molecule has 188 valence electrons. The molecule has 4 N–H and O–H groups in total. The molecule has 5 heterocycles. The smallest absolute Gasteiger partial charge is 0.419 e. The van der Waals surface area contributed by atoms with E-state index < -0.39 is 11.7 Å². The molecule has 2 saturated heterocycles. The van der Waals surface area contributed by atoms with Gasteiger partial charge in [-0.15, -0.1) is 0 Å². The number of anilines is 1. The number of ether oxygens (including phenoxy) is 1. The topological polar surface area (TPSA) is 125 Å². The highest BCUT2D eigenvalue weighted by atomic mass is 19.4. The molecule has 0 saturated carbocycles. The third-order valence-corrected chi connectivity index (χ3v) is 6.18. The summed E-state index contributed by atoms with van der Waals surface area (Å²) in [6.45, 7) is 2.81. The number of H-pyrrole nitrogens is 1. The number of pyridine rings is 1. The minimum Gasteiger partial charge on any atom is -0.483 e. The Labute approximate surface area is 199 Å². The van der Waals surface area contributed by atoms with Crippen LogP contribution in [0.2, 0.25) is 0 Å². The number of aromatic amines is 1. The Morgan fingerprint density at radius 2 is 1.94 bits per heavy atom. The summed E-state index contributed by atoms with van der Waals surface area (Å²) >= 11 is 0. The number of halogens is 3. The first-order chi connectivity index (χ1) is 16.9. The number of carbonyl (C=O) groups is 1. The minimum absolute atomic E-state index is 0.0833. The summed E-state index contributed by atoms with van der Waals surface area (Å²) in [6, 6.07) is 3.82.